The summed E-state index contributed by atoms with van der Waals surface area (Å²) in [4.78, 5) is 24.2. The van der Waals surface area contributed by atoms with Gasteiger partial charge in [0.15, 0.2) is 0 Å². The van der Waals surface area contributed by atoms with Crippen LogP contribution >= 0.6 is 25.3 Å². The van der Waals surface area contributed by atoms with E-state index in [9.17, 15) is 14.7 Å². The van der Waals surface area contributed by atoms with Gasteiger partial charge in [-0.05, 0) is 31.4 Å². The molecule has 0 aromatic heterocycles. The van der Waals surface area contributed by atoms with Crippen molar-refractivity contribution in [2.45, 2.75) is 55.9 Å². The Balaban J connectivity index is 2.34. The SMILES string of the molecule is O=C(CCCCC(S)CCS)N1CCCC1(O)C(=O)O. The molecular weight excluding hydrogens is 298 g/mol. The number of carbonyl (C=O) groups excluding carboxylic acids is 1. The highest BCUT2D eigenvalue weighted by Crippen LogP contribution is 2.28. The second kappa shape index (κ2) is 8.14. The molecule has 1 aliphatic heterocycles. The number of carbonyl (C=O) groups is 2. The van der Waals surface area contributed by atoms with Crippen LogP contribution in [0.2, 0.25) is 0 Å². The van der Waals surface area contributed by atoms with Crippen molar-refractivity contribution in [2.24, 2.45) is 0 Å². The van der Waals surface area contributed by atoms with E-state index in [0.29, 0.717) is 24.6 Å². The average molecular weight is 321 g/mol. The maximum Gasteiger partial charge on any atom is 0.357 e. The first-order chi connectivity index (χ1) is 9.41. The van der Waals surface area contributed by atoms with Crippen molar-refractivity contribution >= 4 is 37.1 Å². The monoisotopic (exact) mass is 321 g/mol. The van der Waals surface area contributed by atoms with E-state index in [1.807, 2.05) is 0 Å². The van der Waals surface area contributed by atoms with Crippen LogP contribution in [0, 0.1) is 0 Å². The molecule has 1 aliphatic rings. The highest BCUT2D eigenvalue weighted by Gasteiger charge is 2.48. The molecule has 7 heteroatoms. The highest BCUT2D eigenvalue weighted by atomic mass is 32.1. The molecular formula is C13H23NO4S2. The number of unbranched alkanes of at least 4 members (excludes halogenated alkanes) is 1. The van der Waals surface area contributed by atoms with Crippen molar-refractivity contribution in [1.82, 2.24) is 4.90 Å². The summed E-state index contributed by atoms with van der Waals surface area (Å²) < 4.78 is 0. The quantitative estimate of drug-likeness (QED) is 0.404. The summed E-state index contributed by atoms with van der Waals surface area (Å²) in [5, 5.41) is 19.3. The second-order valence-corrected chi connectivity index (χ2v) is 6.36. The smallest absolute Gasteiger partial charge is 0.357 e. The molecule has 116 valence electrons. The van der Waals surface area contributed by atoms with Crippen LogP contribution in [0.25, 0.3) is 0 Å². The van der Waals surface area contributed by atoms with Crippen LogP contribution in [0.4, 0.5) is 0 Å². The molecule has 0 spiro atoms. The molecule has 0 aliphatic carbocycles. The summed E-state index contributed by atoms with van der Waals surface area (Å²) >= 11 is 8.56. The minimum absolute atomic E-state index is 0.106. The number of carboxylic acid groups (broad SMARTS) is 1. The molecule has 0 aromatic rings. The van der Waals surface area contributed by atoms with Crippen LogP contribution in [-0.2, 0) is 9.59 Å². The van der Waals surface area contributed by atoms with Crippen LogP contribution in [0.5, 0.6) is 0 Å². The zero-order valence-electron chi connectivity index (χ0n) is 11.5. The highest BCUT2D eigenvalue weighted by molar-refractivity contribution is 7.81. The van der Waals surface area contributed by atoms with E-state index in [-0.39, 0.29) is 18.7 Å². The minimum Gasteiger partial charge on any atom is -0.478 e. The number of nitrogens with zero attached hydrogens (tertiary/aromatic N) is 1. The number of amides is 1. The summed E-state index contributed by atoms with van der Waals surface area (Å²) in [6.07, 6.45) is 4.31. The van der Waals surface area contributed by atoms with Crippen molar-refractivity contribution in [3.63, 3.8) is 0 Å². The van der Waals surface area contributed by atoms with Gasteiger partial charge in [0.25, 0.3) is 0 Å². The molecule has 1 fully saturated rings. The van der Waals surface area contributed by atoms with E-state index in [0.717, 1.165) is 29.9 Å². The van der Waals surface area contributed by atoms with Gasteiger partial charge >= 0.3 is 5.97 Å². The number of rotatable bonds is 8. The molecule has 5 nitrogen and oxygen atoms in total. The largest absolute Gasteiger partial charge is 0.478 e. The molecule has 0 aromatic carbocycles. The Morgan fingerprint density at radius 3 is 2.60 bits per heavy atom. The maximum atomic E-state index is 12.0. The number of carboxylic acids is 1. The third-order valence-corrected chi connectivity index (χ3v) is 4.41. The fourth-order valence-corrected chi connectivity index (χ4v) is 3.27. The Kier molecular flexibility index (Phi) is 7.19. The van der Waals surface area contributed by atoms with Gasteiger partial charge in [0.1, 0.15) is 0 Å². The number of likely N-dealkylation sites (tertiary alicyclic amines) is 1. The number of thiol groups is 2. The van der Waals surface area contributed by atoms with E-state index in [2.05, 4.69) is 25.3 Å². The van der Waals surface area contributed by atoms with Gasteiger partial charge in [0.05, 0.1) is 0 Å². The van der Waals surface area contributed by atoms with E-state index >= 15 is 0 Å². The fraction of sp³-hybridized carbons (Fsp3) is 0.846. The maximum absolute atomic E-state index is 12.0. The molecule has 0 saturated carbocycles. The van der Waals surface area contributed by atoms with Crippen molar-refractivity contribution in [2.75, 3.05) is 12.3 Å². The van der Waals surface area contributed by atoms with Gasteiger partial charge in [0.2, 0.25) is 11.6 Å². The number of aliphatic hydroxyl groups is 1. The Morgan fingerprint density at radius 1 is 1.30 bits per heavy atom. The molecule has 1 heterocycles. The van der Waals surface area contributed by atoms with Crippen molar-refractivity contribution in [3.8, 4) is 0 Å². The Bertz CT molecular complexity index is 353. The summed E-state index contributed by atoms with van der Waals surface area (Å²) in [7, 11) is 0. The summed E-state index contributed by atoms with van der Waals surface area (Å²) in [6, 6.07) is 0. The molecule has 1 rings (SSSR count). The van der Waals surface area contributed by atoms with Gasteiger partial charge in [-0.2, -0.15) is 25.3 Å². The molecule has 2 unspecified atom stereocenters. The molecule has 1 saturated heterocycles. The molecule has 2 N–H and O–H groups in total. The first kappa shape index (κ1) is 17.7. The van der Waals surface area contributed by atoms with Gasteiger partial charge in [-0.1, -0.05) is 6.42 Å². The lowest BCUT2D eigenvalue weighted by molar-refractivity contribution is -0.182. The number of hydrogen-bond donors (Lipinski definition) is 4. The molecule has 0 radical (unpaired) electrons. The zero-order chi connectivity index (χ0) is 15.2. The minimum atomic E-state index is -2.00. The van der Waals surface area contributed by atoms with E-state index in [4.69, 9.17) is 5.11 Å². The molecule has 1 amide bonds. The third-order valence-electron chi connectivity index (χ3n) is 3.64. The van der Waals surface area contributed by atoms with E-state index in [1.165, 1.54) is 0 Å². The van der Waals surface area contributed by atoms with Crippen LogP contribution in [-0.4, -0.2) is 50.3 Å². The van der Waals surface area contributed by atoms with Gasteiger partial charge in [-0.25, -0.2) is 4.79 Å². The fourth-order valence-electron chi connectivity index (χ4n) is 2.44. The number of hydrogen-bond acceptors (Lipinski definition) is 5. The predicted molar refractivity (Wildman–Crippen MR) is 83.2 cm³/mol. The second-order valence-electron chi connectivity index (χ2n) is 5.18. The molecule has 2 atom stereocenters. The predicted octanol–water partition coefficient (Wildman–Crippen LogP) is 1.56. The average Bonchev–Trinajstić information content (AvgIpc) is 2.78. The van der Waals surface area contributed by atoms with Crippen LogP contribution in [0.1, 0.15) is 44.9 Å². The summed E-state index contributed by atoms with van der Waals surface area (Å²) in [5.74, 6) is -0.822. The van der Waals surface area contributed by atoms with Crippen LogP contribution in [0.15, 0.2) is 0 Å². The first-order valence-corrected chi connectivity index (χ1v) is 8.12. The lowest BCUT2D eigenvalue weighted by atomic mass is 10.1. The summed E-state index contributed by atoms with van der Waals surface area (Å²) in [5.41, 5.74) is -2.00. The van der Waals surface area contributed by atoms with Crippen LogP contribution < -0.4 is 0 Å². The van der Waals surface area contributed by atoms with Crippen molar-refractivity contribution < 1.29 is 19.8 Å². The number of aliphatic carboxylic acids is 1. The normalized spacial score (nSPS) is 23.9. The van der Waals surface area contributed by atoms with Gasteiger partial charge < -0.3 is 15.1 Å². The van der Waals surface area contributed by atoms with Gasteiger partial charge in [-0.15, -0.1) is 0 Å². The Hall–Kier alpha value is -0.400. The van der Waals surface area contributed by atoms with Crippen molar-refractivity contribution in [1.29, 1.82) is 0 Å². The van der Waals surface area contributed by atoms with Crippen molar-refractivity contribution in [3.05, 3.63) is 0 Å². The Labute approximate surface area is 130 Å². The van der Waals surface area contributed by atoms with Gasteiger partial charge in [0, 0.05) is 24.6 Å². The van der Waals surface area contributed by atoms with E-state index in [1.54, 1.807) is 0 Å². The third kappa shape index (κ3) is 4.56. The Morgan fingerprint density at radius 2 is 2.00 bits per heavy atom. The molecule has 20 heavy (non-hydrogen) atoms. The topological polar surface area (TPSA) is 77.8 Å². The zero-order valence-corrected chi connectivity index (χ0v) is 13.3. The van der Waals surface area contributed by atoms with E-state index < -0.39 is 11.7 Å². The lowest BCUT2D eigenvalue weighted by Gasteiger charge is -2.29. The lowest BCUT2D eigenvalue weighted by Crippen LogP contribution is -2.53. The standard InChI is InChI=1S/C13H23NO4S2/c15-11(5-2-1-4-10(20)6-9-19)14-8-3-7-13(14,18)12(16)17/h10,18-20H,1-9H2,(H,16,17). The molecule has 0 bridgehead atoms. The first-order valence-electron chi connectivity index (χ1n) is 6.97. The van der Waals surface area contributed by atoms with Gasteiger partial charge in [-0.3, -0.25) is 4.79 Å². The summed E-state index contributed by atoms with van der Waals surface area (Å²) in [6.45, 7) is 0.316. The van der Waals surface area contributed by atoms with Crippen LogP contribution in [0.3, 0.4) is 0 Å².